The summed E-state index contributed by atoms with van der Waals surface area (Å²) in [7, 11) is 0. The molecule has 8 nitrogen and oxygen atoms in total. The molecule has 3 aromatic carbocycles. The maximum atomic E-state index is 12.5. The number of hydrogen-bond donors (Lipinski definition) is 2. The van der Waals surface area contributed by atoms with Crippen molar-refractivity contribution >= 4 is 44.4 Å². The molecule has 1 saturated carbocycles. The predicted molar refractivity (Wildman–Crippen MR) is 138 cm³/mol. The Labute approximate surface area is 206 Å². The fraction of sp³-hybridized carbons (Fsp3) is 0.214. The summed E-state index contributed by atoms with van der Waals surface area (Å²) in [5, 5.41) is 12.1. The fourth-order valence-corrected chi connectivity index (χ4v) is 4.51. The van der Waals surface area contributed by atoms with Crippen LogP contribution in [0, 0.1) is 17.2 Å². The van der Waals surface area contributed by atoms with Crippen LogP contribution in [0.2, 0.25) is 0 Å². The van der Waals surface area contributed by atoms with Crippen LogP contribution in [0.4, 0.5) is 5.69 Å². The van der Waals surface area contributed by atoms with E-state index in [1.165, 1.54) is 12.8 Å². The van der Waals surface area contributed by atoms with Gasteiger partial charge in [0.25, 0.3) is 0 Å². The van der Waals surface area contributed by atoms with Gasteiger partial charge < -0.3 is 20.2 Å². The van der Waals surface area contributed by atoms with Gasteiger partial charge in [-0.15, -0.1) is 0 Å². The van der Waals surface area contributed by atoms with Gasteiger partial charge in [0.15, 0.2) is 0 Å². The first-order chi connectivity index (χ1) is 17.6. The first-order valence-electron chi connectivity index (χ1n) is 11.9. The SMILES string of the molecule is CCOC(=O)c1ccc2c(n1)c1cc(OCC3CC3)ccc1c1nc(-c3c(N)cccc3C#N)[nH]c21. The molecule has 0 saturated heterocycles. The molecule has 0 aliphatic heterocycles. The quantitative estimate of drug-likeness (QED) is 0.192. The number of ether oxygens (including phenoxy) is 2. The summed E-state index contributed by atoms with van der Waals surface area (Å²) in [6.45, 7) is 2.71. The van der Waals surface area contributed by atoms with E-state index >= 15 is 0 Å². The number of carbonyl (C=O) groups is 1. The van der Waals surface area contributed by atoms with Crippen LogP contribution >= 0.6 is 0 Å². The van der Waals surface area contributed by atoms with Crippen LogP contribution in [0.25, 0.3) is 44.1 Å². The smallest absolute Gasteiger partial charge is 0.356 e. The van der Waals surface area contributed by atoms with Crippen LogP contribution in [0.3, 0.4) is 0 Å². The number of fused-ring (bicyclic) bond motifs is 6. The van der Waals surface area contributed by atoms with E-state index in [0.29, 0.717) is 40.7 Å². The van der Waals surface area contributed by atoms with Crippen LogP contribution in [0.1, 0.15) is 35.8 Å². The summed E-state index contributed by atoms with van der Waals surface area (Å²) < 4.78 is 11.2. The Hall–Kier alpha value is -4.64. The Morgan fingerprint density at radius 3 is 2.72 bits per heavy atom. The van der Waals surface area contributed by atoms with E-state index in [9.17, 15) is 10.1 Å². The van der Waals surface area contributed by atoms with Gasteiger partial charge in [-0.1, -0.05) is 6.07 Å². The van der Waals surface area contributed by atoms with Crippen LogP contribution < -0.4 is 10.5 Å². The predicted octanol–water partition coefficient (Wildman–Crippen LogP) is 5.35. The van der Waals surface area contributed by atoms with Crippen molar-refractivity contribution in [1.82, 2.24) is 15.0 Å². The van der Waals surface area contributed by atoms with Crippen molar-refractivity contribution in [2.24, 2.45) is 5.92 Å². The highest BCUT2D eigenvalue weighted by Crippen LogP contribution is 2.38. The summed E-state index contributed by atoms with van der Waals surface area (Å²) in [5.41, 5.74) is 10.0. The summed E-state index contributed by atoms with van der Waals surface area (Å²) in [4.78, 5) is 25.4. The zero-order chi connectivity index (χ0) is 24.8. The Balaban J connectivity index is 1.62. The second-order valence-corrected chi connectivity index (χ2v) is 8.97. The van der Waals surface area contributed by atoms with E-state index in [4.69, 9.17) is 25.2 Å². The minimum atomic E-state index is -0.477. The number of aromatic amines is 1. The highest BCUT2D eigenvalue weighted by atomic mass is 16.5. The lowest BCUT2D eigenvalue weighted by Crippen LogP contribution is -2.07. The van der Waals surface area contributed by atoms with Crippen molar-refractivity contribution in [3.05, 3.63) is 59.8 Å². The van der Waals surface area contributed by atoms with E-state index in [0.717, 1.165) is 32.9 Å². The number of aromatic nitrogens is 3. The fourth-order valence-electron chi connectivity index (χ4n) is 4.51. The minimum absolute atomic E-state index is 0.230. The molecule has 178 valence electrons. The number of nitriles is 1. The van der Waals surface area contributed by atoms with Crippen molar-refractivity contribution in [1.29, 1.82) is 5.26 Å². The first kappa shape index (κ1) is 21.9. The van der Waals surface area contributed by atoms with Crippen LogP contribution in [0.15, 0.2) is 48.5 Å². The second kappa shape index (κ2) is 8.54. The number of nitrogen functional groups attached to an aromatic ring is 1. The van der Waals surface area contributed by atoms with E-state index in [1.807, 2.05) is 24.3 Å². The molecule has 1 aliphatic rings. The molecule has 8 heteroatoms. The molecule has 2 aromatic heterocycles. The van der Waals surface area contributed by atoms with Gasteiger partial charge in [0.2, 0.25) is 0 Å². The molecule has 0 amide bonds. The van der Waals surface area contributed by atoms with Gasteiger partial charge in [0, 0.05) is 21.8 Å². The number of hydrogen-bond acceptors (Lipinski definition) is 7. The monoisotopic (exact) mass is 477 g/mol. The Morgan fingerprint density at radius 1 is 1.11 bits per heavy atom. The van der Waals surface area contributed by atoms with Gasteiger partial charge in [-0.25, -0.2) is 14.8 Å². The number of benzene rings is 3. The van der Waals surface area contributed by atoms with E-state index < -0.39 is 5.97 Å². The molecule has 2 heterocycles. The molecular weight excluding hydrogens is 454 g/mol. The maximum Gasteiger partial charge on any atom is 0.356 e. The third-order valence-electron chi connectivity index (χ3n) is 6.49. The maximum absolute atomic E-state index is 12.5. The van der Waals surface area contributed by atoms with Crippen molar-refractivity contribution in [3.63, 3.8) is 0 Å². The molecule has 36 heavy (non-hydrogen) atoms. The molecule has 6 rings (SSSR count). The van der Waals surface area contributed by atoms with Crippen molar-refractivity contribution in [3.8, 4) is 23.2 Å². The van der Waals surface area contributed by atoms with Gasteiger partial charge in [-0.05, 0) is 68.1 Å². The molecule has 3 N–H and O–H groups in total. The average molecular weight is 478 g/mol. The molecule has 5 aromatic rings. The number of esters is 1. The van der Waals surface area contributed by atoms with Crippen LogP contribution in [-0.2, 0) is 4.74 Å². The molecule has 0 unspecified atom stereocenters. The Kier molecular flexibility index (Phi) is 5.19. The minimum Gasteiger partial charge on any atom is -0.493 e. The number of rotatable bonds is 6. The lowest BCUT2D eigenvalue weighted by atomic mass is 10.0. The van der Waals surface area contributed by atoms with E-state index in [-0.39, 0.29) is 12.3 Å². The lowest BCUT2D eigenvalue weighted by Gasteiger charge is -2.10. The van der Waals surface area contributed by atoms with Crippen molar-refractivity contribution in [2.75, 3.05) is 18.9 Å². The summed E-state index contributed by atoms with van der Waals surface area (Å²) in [5.74, 6) is 1.38. The zero-order valence-corrected chi connectivity index (χ0v) is 19.7. The van der Waals surface area contributed by atoms with Crippen LogP contribution in [-0.4, -0.2) is 34.1 Å². The molecule has 1 fully saturated rings. The molecular formula is C28H23N5O3. The third kappa shape index (κ3) is 3.66. The molecule has 1 aliphatic carbocycles. The van der Waals surface area contributed by atoms with Gasteiger partial charge in [0.05, 0.1) is 47.0 Å². The van der Waals surface area contributed by atoms with Gasteiger partial charge in [-0.3, -0.25) is 0 Å². The largest absolute Gasteiger partial charge is 0.493 e. The Bertz CT molecular complexity index is 1710. The number of carbonyl (C=O) groups excluding carboxylic acids is 1. The number of nitrogens with two attached hydrogens (primary N) is 1. The molecule has 0 spiro atoms. The number of pyridine rings is 1. The average Bonchev–Trinajstić information content (AvgIpc) is 3.63. The van der Waals surface area contributed by atoms with Gasteiger partial charge in [-0.2, -0.15) is 5.26 Å². The summed E-state index contributed by atoms with van der Waals surface area (Å²) in [6.07, 6.45) is 2.40. The lowest BCUT2D eigenvalue weighted by molar-refractivity contribution is 0.0520. The standard InChI is InChI=1S/C28H23N5O3/c1-2-35-28(34)22-11-10-19-24(31-22)20-12-17(36-14-15-6-7-15)8-9-18(20)25-26(19)33-27(32-25)23-16(13-29)4-3-5-21(23)30/h3-5,8-12,15H,2,6-7,14,30H2,1H3,(H,32,33). The topological polar surface area (TPSA) is 127 Å². The number of nitrogens with one attached hydrogen (secondary N) is 1. The highest BCUT2D eigenvalue weighted by molar-refractivity contribution is 6.23. The summed E-state index contributed by atoms with van der Waals surface area (Å²) >= 11 is 0. The number of anilines is 1. The summed E-state index contributed by atoms with van der Waals surface area (Å²) in [6, 6.07) is 16.7. The number of H-pyrrole nitrogens is 1. The molecule has 0 radical (unpaired) electrons. The molecule has 0 bridgehead atoms. The third-order valence-corrected chi connectivity index (χ3v) is 6.49. The van der Waals surface area contributed by atoms with Crippen LogP contribution in [0.5, 0.6) is 5.75 Å². The number of imidazole rings is 1. The second-order valence-electron chi connectivity index (χ2n) is 8.97. The normalized spacial score (nSPS) is 13.2. The zero-order valence-electron chi connectivity index (χ0n) is 19.7. The molecule has 0 atom stereocenters. The van der Waals surface area contributed by atoms with Crippen molar-refractivity contribution in [2.45, 2.75) is 19.8 Å². The Morgan fingerprint density at radius 2 is 1.94 bits per heavy atom. The number of nitrogens with zero attached hydrogens (tertiary/aromatic N) is 3. The highest BCUT2D eigenvalue weighted by Gasteiger charge is 2.23. The first-order valence-corrected chi connectivity index (χ1v) is 11.9. The van der Waals surface area contributed by atoms with Gasteiger partial charge >= 0.3 is 5.97 Å². The van der Waals surface area contributed by atoms with Crippen molar-refractivity contribution < 1.29 is 14.3 Å². The van der Waals surface area contributed by atoms with E-state index in [2.05, 4.69) is 11.1 Å². The van der Waals surface area contributed by atoms with E-state index in [1.54, 1.807) is 31.2 Å². The van der Waals surface area contributed by atoms with Gasteiger partial charge in [0.1, 0.15) is 17.3 Å².